The maximum Gasteiger partial charge on any atom is 0.315 e. The van der Waals surface area contributed by atoms with Gasteiger partial charge in [-0.15, -0.1) is 11.8 Å². The molecule has 3 aliphatic carbocycles. The number of methoxy groups -OCH3 is 1. The van der Waals surface area contributed by atoms with Crippen molar-refractivity contribution in [2.75, 3.05) is 18.6 Å². The van der Waals surface area contributed by atoms with Gasteiger partial charge in [0.25, 0.3) is 0 Å². The molecule has 3 rings (SSSR count). The molecule has 0 aromatic heterocycles. The molecule has 0 unspecified atom stereocenters. The van der Waals surface area contributed by atoms with Crippen LogP contribution in [0, 0.1) is 5.41 Å². The molecule has 3 aliphatic rings. The second kappa shape index (κ2) is 5.35. The van der Waals surface area contributed by atoms with Crippen molar-refractivity contribution in [2.24, 2.45) is 5.41 Å². The summed E-state index contributed by atoms with van der Waals surface area (Å²) in [5.74, 6) is 0.555. The van der Waals surface area contributed by atoms with Crippen molar-refractivity contribution in [1.29, 1.82) is 0 Å². The van der Waals surface area contributed by atoms with E-state index in [-0.39, 0.29) is 17.2 Å². The third-order valence-electron chi connectivity index (χ3n) is 5.56. The first kappa shape index (κ1) is 16.5. The molecule has 1 fully saturated rings. The normalized spacial score (nSPS) is 28.2. The van der Waals surface area contributed by atoms with E-state index >= 15 is 0 Å². The van der Waals surface area contributed by atoms with Crippen LogP contribution >= 0.6 is 11.8 Å². The van der Waals surface area contributed by atoms with E-state index in [2.05, 4.69) is 4.74 Å². The maximum atomic E-state index is 12.8. The number of hydrogen-bond acceptors (Lipinski definition) is 5. The molecule has 1 atom stereocenters. The van der Waals surface area contributed by atoms with Crippen LogP contribution in [-0.2, 0) is 14.3 Å². The Hall–Kier alpha value is -1.33. The second-order valence-corrected chi connectivity index (χ2v) is 7.76. The van der Waals surface area contributed by atoms with Crippen molar-refractivity contribution in [3.8, 4) is 0 Å². The minimum absolute atomic E-state index is 0.164. The van der Waals surface area contributed by atoms with Crippen LogP contribution in [0.1, 0.15) is 33.6 Å². The SMILES string of the molecule is COC(=O)CSCC1=C(C)C=C2C(=O)[C@](C)(O)C3(CC3)C(C)=C21. The summed E-state index contributed by atoms with van der Waals surface area (Å²) < 4.78 is 4.67. The number of allylic oxidation sites excluding steroid dienone is 3. The highest BCUT2D eigenvalue weighted by atomic mass is 32.2. The molecule has 23 heavy (non-hydrogen) atoms. The van der Waals surface area contributed by atoms with Gasteiger partial charge < -0.3 is 9.84 Å². The number of fused-ring (bicyclic) bond motifs is 1. The third kappa shape index (κ3) is 2.24. The zero-order valence-corrected chi connectivity index (χ0v) is 14.8. The van der Waals surface area contributed by atoms with Gasteiger partial charge in [0.1, 0.15) is 5.60 Å². The van der Waals surface area contributed by atoms with Gasteiger partial charge in [0, 0.05) is 16.7 Å². The first-order valence-corrected chi connectivity index (χ1v) is 8.97. The monoisotopic (exact) mass is 334 g/mol. The van der Waals surface area contributed by atoms with Crippen LogP contribution in [0.2, 0.25) is 0 Å². The number of hydrogen-bond donors (Lipinski definition) is 1. The van der Waals surface area contributed by atoms with Gasteiger partial charge >= 0.3 is 5.97 Å². The number of ether oxygens (including phenoxy) is 1. The Labute approximate surface area is 140 Å². The van der Waals surface area contributed by atoms with E-state index in [1.54, 1.807) is 6.92 Å². The van der Waals surface area contributed by atoms with Crippen LogP contribution in [-0.4, -0.2) is 41.1 Å². The Balaban J connectivity index is 1.92. The molecule has 4 nitrogen and oxygen atoms in total. The van der Waals surface area contributed by atoms with E-state index in [0.717, 1.165) is 35.1 Å². The van der Waals surface area contributed by atoms with Crippen molar-refractivity contribution in [2.45, 2.75) is 39.2 Å². The Morgan fingerprint density at radius 3 is 2.61 bits per heavy atom. The van der Waals surface area contributed by atoms with Gasteiger partial charge in [-0.1, -0.05) is 5.57 Å². The molecule has 5 heteroatoms. The lowest BCUT2D eigenvalue weighted by Gasteiger charge is -2.39. The van der Waals surface area contributed by atoms with Gasteiger partial charge in [-0.3, -0.25) is 9.59 Å². The molecule has 0 radical (unpaired) electrons. The Bertz CT molecular complexity index is 690. The quantitative estimate of drug-likeness (QED) is 0.801. The van der Waals surface area contributed by atoms with Gasteiger partial charge in [-0.25, -0.2) is 0 Å². The molecule has 124 valence electrons. The average molecular weight is 334 g/mol. The minimum atomic E-state index is -1.30. The van der Waals surface area contributed by atoms with Crippen LogP contribution in [0.25, 0.3) is 0 Å². The molecule has 0 bridgehead atoms. The zero-order chi connectivity index (χ0) is 17.0. The number of thioether (sulfide) groups is 1. The van der Waals surface area contributed by atoms with Crippen molar-refractivity contribution in [3.63, 3.8) is 0 Å². The zero-order valence-electron chi connectivity index (χ0n) is 14.0. The van der Waals surface area contributed by atoms with E-state index in [1.807, 2.05) is 19.9 Å². The van der Waals surface area contributed by atoms with Crippen LogP contribution in [0.15, 0.2) is 33.9 Å². The topological polar surface area (TPSA) is 63.6 Å². The number of esters is 1. The van der Waals surface area contributed by atoms with Gasteiger partial charge in [-0.2, -0.15) is 0 Å². The molecule has 0 saturated heterocycles. The fourth-order valence-corrected chi connectivity index (χ4v) is 4.86. The van der Waals surface area contributed by atoms with E-state index in [1.165, 1.54) is 18.9 Å². The third-order valence-corrected chi connectivity index (χ3v) is 6.50. The van der Waals surface area contributed by atoms with Crippen molar-refractivity contribution in [3.05, 3.63) is 33.9 Å². The van der Waals surface area contributed by atoms with Gasteiger partial charge in [0.2, 0.25) is 0 Å². The number of ketones is 1. The van der Waals surface area contributed by atoms with Crippen molar-refractivity contribution < 1.29 is 19.4 Å². The lowest BCUT2D eigenvalue weighted by molar-refractivity contribution is -0.138. The highest BCUT2D eigenvalue weighted by molar-refractivity contribution is 8.00. The van der Waals surface area contributed by atoms with E-state index in [4.69, 9.17) is 0 Å². The van der Waals surface area contributed by atoms with E-state index in [0.29, 0.717) is 17.1 Å². The van der Waals surface area contributed by atoms with Crippen LogP contribution in [0.5, 0.6) is 0 Å². The number of carbonyl (C=O) groups is 2. The average Bonchev–Trinajstić information content (AvgIpc) is 3.26. The summed E-state index contributed by atoms with van der Waals surface area (Å²) in [4.78, 5) is 24.1. The van der Waals surface area contributed by atoms with Gasteiger partial charge in [0.15, 0.2) is 5.78 Å². The fraction of sp³-hybridized carbons (Fsp3) is 0.556. The lowest BCUT2D eigenvalue weighted by Crippen LogP contribution is -2.49. The van der Waals surface area contributed by atoms with Crippen LogP contribution in [0.4, 0.5) is 0 Å². The predicted molar refractivity (Wildman–Crippen MR) is 90.1 cm³/mol. The first-order valence-electron chi connectivity index (χ1n) is 7.81. The highest BCUT2D eigenvalue weighted by Crippen LogP contribution is 2.65. The standard InChI is InChI=1S/C18H22O4S/c1-10-7-12-15(13(10)8-23-9-14(19)22-4)11(2)18(5-6-18)17(3,21)16(12)20/h7,21H,5-6,8-9H2,1-4H3/t17-/m0/s1. The molecular formula is C18H22O4S. The second-order valence-electron chi connectivity index (χ2n) is 6.77. The molecule has 0 aliphatic heterocycles. The fourth-order valence-electron chi connectivity index (χ4n) is 3.90. The molecule has 1 N–H and O–H groups in total. The number of carbonyl (C=O) groups excluding carboxylic acids is 2. The molecule has 0 aromatic rings. The molecule has 0 aromatic carbocycles. The summed E-state index contributed by atoms with van der Waals surface area (Å²) in [5, 5.41) is 10.8. The Morgan fingerprint density at radius 2 is 2.04 bits per heavy atom. The summed E-state index contributed by atoms with van der Waals surface area (Å²) in [7, 11) is 1.38. The predicted octanol–water partition coefficient (Wildman–Crippen LogP) is 2.58. The minimum Gasteiger partial charge on any atom is -0.468 e. The molecule has 0 amide bonds. The van der Waals surface area contributed by atoms with E-state index < -0.39 is 5.60 Å². The number of Topliss-reactive ketones (excluding diaryl/α,β-unsaturated/α-hetero) is 1. The summed E-state index contributed by atoms with van der Waals surface area (Å²) >= 11 is 1.49. The lowest BCUT2D eigenvalue weighted by atomic mass is 9.67. The maximum absolute atomic E-state index is 12.8. The molecule has 1 spiro atoms. The van der Waals surface area contributed by atoms with Crippen molar-refractivity contribution in [1.82, 2.24) is 0 Å². The van der Waals surface area contributed by atoms with Crippen molar-refractivity contribution >= 4 is 23.5 Å². The Kier molecular flexibility index (Phi) is 3.84. The summed E-state index contributed by atoms with van der Waals surface area (Å²) in [6.45, 7) is 5.69. The summed E-state index contributed by atoms with van der Waals surface area (Å²) in [5.41, 5.74) is 3.24. The molecule has 1 saturated carbocycles. The first-order chi connectivity index (χ1) is 10.8. The van der Waals surface area contributed by atoms with Gasteiger partial charge in [-0.05, 0) is 56.4 Å². The number of rotatable bonds is 4. The number of aliphatic hydroxyl groups is 1. The van der Waals surface area contributed by atoms with Crippen LogP contribution in [0.3, 0.4) is 0 Å². The molecule has 0 heterocycles. The van der Waals surface area contributed by atoms with Gasteiger partial charge in [0.05, 0.1) is 12.9 Å². The smallest absolute Gasteiger partial charge is 0.315 e. The largest absolute Gasteiger partial charge is 0.468 e. The van der Waals surface area contributed by atoms with E-state index in [9.17, 15) is 14.7 Å². The van der Waals surface area contributed by atoms with Crippen LogP contribution < -0.4 is 0 Å². The summed E-state index contributed by atoms with van der Waals surface area (Å²) in [6.07, 6.45) is 3.60. The summed E-state index contributed by atoms with van der Waals surface area (Å²) in [6, 6.07) is 0. The Morgan fingerprint density at radius 1 is 1.39 bits per heavy atom. The highest BCUT2D eigenvalue weighted by Gasteiger charge is 2.64. The molecular weight excluding hydrogens is 312 g/mol.